The third kappa shape index (κ3) is 2.75. The minimum atomic E-state index is -1.03. The summed E-state index contributed by atoms with van der Waals surface area (Å²) in [6.45, 7) is 5.43. The number of carbonyl (C=O) groups is 1. The molecule has 0 atom stereocenters. The zero-order valence-corrected chi connectivity index (χ0v) is 10.4. The molecular formula is C13H18FNO2. The highest BCUT2D eigenvalue weighted by Gasteiger charge is 2.34. The fourth-order valence-corrected chi connectivity index (χ4v) is 1.77. The molecule has 1 aromatic carbocycles. The van der Waals surface area contributed by atoms with Gasteiger partial charge < -0.3 is 10.4 Å². The third-order valence-corrected chi connectivity index (χ3v) is 3.19. The summed E-state index contributed by atoms with van der Waals surface area (Å²) in [5.41, 5.74) is 0.341. The third-order valence-electron chi connectivity index (χ3n) is 3.19. The van der Waals surface area contributed by atoms with E-state index in [0.717, 1.165) is 5.56 Å². The first-order valence-corrected chi connectivity index (χ1v) is 5.73. The van der Waals surface area contributed by atoms with Crippen molar-refractivity contribution in [2.24, 2.45) is 0 Å². The van der Waals surface area contributed by atoms with Crippen LogP contribution in [0.1, 0.15) is 32.3 Å². The Morgan fingerprint density at radius 3 is 2.47 bits per heavy atom. The Kier molecular flexibility index (Phi) is 4.10. The minimum absolute atomic E-state index is 0.371. The topological polar surface area (TPSA) is 49.3 Å². The van der Waals surface area contributed by atoms with Crippen molar-refractivity contribution in [3.05, 3.63) is 29.6 Å². The monoisotopic (exact) mass is 239 g/mol. The molecule has 1 rings (SSSR count). The summed E-state index contributed by atoms with van der Waals surface area (Å²) in [6.07, 6.45) is 0.879. The van der Waals surface area contributed by atoms with Crippen LogP contribution in [0, 0.1) is 12.7 Å². The minimum Gasteiger partial charge on any atom is -0.480 e. The zero-order chi connectivity index (χ0) is 13.1. The van der Waals surface area contributed by atoms with Crippen molar-refractivity contribution >= 4 is 11.7 Å². The summed E-state index contributed by atoms with van der Waals surface area (Å²) in [6, 6.07) is 4.33. The van der Waals surface area contributed by atoms with Crippen molar-refractivity contribution < 1.29 is 14.3 Å². The molecule has 0 aliphatic carbocycles. The molecular weight excluding hydrogens is 221 g/mol. The number of aryl methyl sites for hydroxylation is 1. The number of anilines is 1. The van der Waals surface area contributed by atoms with Crippen LogP contribution in [0.25, 0.3) is 0 Å². The molecule has 0 bridgehead atoms. The maximum absolute atomic E-state index is 13.1. The number of hydrogen-bond acceptors (Lipinski definition) is 2. The SMILES string of the molecule is CCC(CC)(Nc1cc(F)ccc1C)C(=O)O. The summed E-state index contributed by atoms with van der Waals surface area (Å²) >= 11 is 0. The van der Waals surface area contributed by atoms with Crippen LogP contribution < -0.4 is 5.32 Å². The van der Waals surface area contributed by atoms with Crippen molar-refractivity contribution in [3.8, 4) is 0 Å². The van der Waals surface area contributed by atoms with E-state index in [0.29, 0.717) is 18.5 Å². The largest absolute Gasteiger partial charge is 0.480 e. The van der Waals surface area contributed by atoms with Gasteiger partial charge in [0.1, 0.15) is 11.4 Å². The predicted octanol–water partition coefficient (Wildman–Crippen LogP) is 3.19. The molecule has 0 heterocycles. The zero-order valence-electron chi connectivity index (χ0n) is 10.4. The van der Waals surface area contributed by atoms with Gasteiger partial charge in [0.15, 0.2) is 0 Å². The number of carboxylic acid groups (broad SMARTS) is 1. The Bertz CT molecular complexity index is 414. The number of aliphatic carboxylic acids is 1. The van der Waals surface area contributed by atoms with E-state index in [9.17, 15) is 14.3 Å². The molecule has 4 heteroatoms. The van der Waals surface area contributed by atoms with Crippen LogP contribution in [-0.4, -0.2) is 16.6 Å². The van der Waals surface area contributed by atoms with E-state index < -0.39 is 11.5 Å². The lowest BCUT2D eigenvalue weighted by Gasteiger charge is -2.30. The van der Waals surface area contributed by atoms with Gasteiger partial charge >= 0.3 is 5.97 Å². The highest BCUT2D eigenvalue weighted by atomic mass is 19.1. The molecule has 0 spiro atoms. The van der Waals surface area contributed by atoms with Gasteiger partial charge in [-0.3, -0.25) is 0 Å². The van der Waals surface area contributed by atoms with Gasteiger partial charge in [0.05, 0.1) is 0 Å². The van der Waals surface area contributed by atoms with E-state index in [1.54, 1.807) is 19.9 Å². The molecule has 2 N–H and O–H groups in total. The number of halogens is 1. The summed E-state index contributed by atoms with van der Waals surface area (Å²) < 4.78 is 13.1. The van der Waals surface area contributed by atoms with E-state index in [1.165, 1.54) is 12.1 Å². The first kappa shape index (κ1) is 13.5. The molecule has 0 aromatic heterocycles. The van der Waals surface area contributed by atoms with Crippen LogP contribution in [0.4, 0.5) is 10.1 Å². The Morgan fingerprint density at radius 2 is 2.00 bits per heavy atom. The number of carboxylic acids is 1. The molecule has 0 saturated carbocycles. The molecule has 0 radical (unpaired) electrons. The molecule has 0 aliphatic heterocycles. The van der Waals surface area contributed by atoms with E-state index in [4.69, 9.17) is 0 Å². The fourth-order valence-electron chi connectivity index (χ4n) is 1.77. The average Bonchev–Trinajstić information content (AvgIpc) is 2.30. The van der Waals surface area contributed by atoms with Gasteiger partial charge in [0.2, 0.25) is 0 Å². The Morgan fingerprint density at radius 1 is 1.41 bits per heavy atom. The van der Waals surface area contributed by atoms with Crippen LogP contribution in [0.5, 0.6) is 0 Å². The summed E-state index contributed by atoms with van der Waals surface area (Å²) in [4.78, 5) is 11.3. The highest BCUT2D eigenvalue weighted by Crippen LogP contribution is 2.25. The van der Waals surface area contributed by atoms with Crippen molar-refractivity contribution in [3.63, 3.8) is 0 Å². The molecule has 0 amide bonds. The Hall–Kier alpha value is -1.58. The molecule has 0 unspecified atom stereocenters. The lowest BCUT2D eigenvalue weighted by Crippen LogP contribution is -2.45. The van der Waals surface area contributed by atoms with Crippen molar-refractivity contribution in [1.82, 2.24) is 0 Å². The standard InChI is InChI=1S/C13H18FNO2/c1-4-13(5-2,12(16)17)15-11-8-10(14)7-6-9(11)3/h6-8,15H,4-5H2,1-3H3,(H,16,17). The highest BCUT2D eigenvalue weighted by molar-refractivity contribution is 5.83. The summed E-state index contributed by atoms with van der Waals surface area (Å²) in [7, 11) is 0. The molecule has 0 fully saturated rings. The molecule has 0 aliphatic rings. The molecule has 1 aromatic rings. The van der Waals surface area contributed by atoms with E-state index >= 15 is 0 Å². The summed E-state index contributed by atoms with van der Waals surface area (Å²) in [5.74, 6) is -1.28. The average molecular weight is 239 g/mol. The lowest BCUT2D eigenvalue weighted by atomic mass is 9.92. The smallest absolute Gasteiger partial charge is 0.329 e. The second-order valence-corrected chi connectivity index (χ2v) is 4.18. The molecule has 94 valence electrons. The van der Waals surface area contributed by atoms with Crippen LogP contribution in [0.2, 0.25) is 0 Å². The van der Waals surface area contributed by atoms with Gasteiger partial charge in [-0.25, -0.2) is 9.18 Å². The first-order valence-electron chi connectivity index (χ1n) is 5.73. The van der Waals surface area contributed by atoms with Crippen molar-refractivity contribution in [2.75, 3.05) is 5.32 Å². The van der Waals surface area contributed by atoms with E-state index in [-0.39, 0.29) is 5.82 Å². The van der Waals surface area contributed by atoms with Crippen LogP contribution >= 0.6 is 0 Å². The van der Waals surface area contributed by atoms with E-state index in [1.807, 2.05) is 6.92 Å². The van der Waals surface area contributed by atoms with Gasteiger partial charge in [-0.2, -0.15) is 0 Å². The van der Waals surface area contributed by atoms with Gasteiger partial charge in [-0.15, -0.1) is 0 Å². The number of hydrogen-bond donors (Lipinski definition) is 2. The second kappa shape index (κ2) is 5.17. The fraction of sp³-hybridized carbons (Fsp3) is 0.462. The Balaban J connectivity index is 3.09. The van der Waals surface area contributed by atoms with Gasteiger partial charge in [-0.1, -0.05) is 19.9 Å². The van der Waals surface area contributed by atoms with Crippen molar-refractivity contribution in [1.29, 1.82) is 0 Å². The van der Waals surface area contributed by atoms with Crippen LogP contribution in [0.3, 0.4) is 0 Å². The molecule has 3 nitrogen and oxygen atoms in total. The van der Waals surface area contributed by atoms with E-state index in [2.05, 4.69) is 5.32 Å². The van der Waals surface area contributed by atoms with Gasteiger partial charge in [-0.05, 0) is 37.5 Å². The van der Waals surface area contributed by atoms with Crippen LogP contribution in [-0.2, 0) is 4.79 Å². The molecule has 17 heavy (non-hydrogen) atoms. The normalized spacial score (nSPS) is 11.3. The maximum atomic E-state index is 13.1. The van der Waals surface area contributed by atoms with Crippen molar-refractivity contribution in [2.45, 2.75) is 39.2 Å². The number of rotatable bonds is 5. The maximum Gasteiger partial charge on any atom is 0.329 e. The molecule has 0 saturated heterocycles. The second-order valence-electron chi connectivity index (χ2n) is 4.18. The summed E-state index contributed by atoms with van der Waals surface area (Å²) in [5, 5.41) is 12.2. The first-order chi connectivity index (χ1) is 7.95. The quantitative estimate of drug-likeness (QED) is 0.829. The Labute approximate surface area is 101 Å². The number of nitrogens with one attached hydrogen (secondary N) is 1. The predicted molar refractivity (Wildman–Crippen MR) is 65.7 cm³/mol. The van der Waals surface area contributed by atoms with Gasteiger partial charge in [0, 0.05) is 5.69 Å². The van der Waals surface area contributed by atoms with Gasteiger partial charge in [0.25, 0.3) is 0 Å². The lowest BCUT2D eigenvalue weighted by molar-refractivity contribution is -0.142. The number of benzene rings is 1. The van der Waals surface area contributed by atoms with Crippen LogP contribution in [0.15, 0.2) is 18.2 Å².